The van der Waals surface area contributed by atoms with E-state index in [1.165, 1.54) is 4.90 Å². The molecule has 152 valence electrons. The predicted molar refractivity (Wildman–Crippen MR) is 113 cm³/mol. The van der Waals surface area contributed by atoms with Gasteiger partial charge in [0.1, 0.15) is 0 Å². The maximum absolute atomic E-state index is 13.1. The maximum atomic E-state index is 13.1. The Kier molecular flexibility index (Phi) is 4.91. The lowest BCUT2D eigenvalue weighted by atomic mass is 9.94. The molecule has 2 aliphatic rings. The highest BCUT2D eigenvalue weighted by Crippen LogP contribution is 2.38. The number of benzene rings is 1. The summed E-state index contributed by atoms with van der Waals surface area (Å²) in [4.78, 5) is 14.8. The number of nitrogens with zero attached hydrogens (tertiary/aromatic N) is 4. The van der Waals surface area contributed by atoms with Crippen molar-refractivity contribution in [2.24, 2.45) is 5.92 Å². The average molecular weight is 442 g/mol. The first kappa shape index (κ1) is 19.1. The molecule has 2 atom stereocenters. The van der Waals surface area contributed by atoms with Gasteiger partial charge < -0.3 is 4.57 Å². The molecule has 30 heavy (non-hydrogen) atoms. The van der Waals surface area contributed by atoms with Crippen LogP contribution in [0.3, 0.4) is 0 Å². The van der Waals surface area contributed by atoms with Gasteiger partial charge in [-0.1, -0.05) is 29.8 Å². The number of aromatic nitrogens is 3. The fourth-order valence-electron chi connectivity index (χ4n) is 3.51. The highest BCUT2D eigenvalue weighted by Gasteiger charge is 2.39. The Hall–Kier alpha value is -2.92. The van der Waals surface area contributed by atoms with E-state index in [-0.39, 0.29) is 28.9 Å². The Balaban J connectivity index is 1.43. The zero-order chi connectivity index (χ0) is 20.7. The van der Waals surface area contributed by atoms with Gasteiger partial charge in [-0.25, -0.2) is 15.0 Å². The van der Waals surface area contributed by atoms with E-state index >= 15 is 0 Å². The van der Waals surface area contributed by atoms with E-state index in [2.05, 4.69) is 21.2 Å². The van der Waals surface area contributed by atoms with Crippen LogP contribution in [0.4, 0.5) is 5.82 Å². The number of hydrogen-bond acceptors (Lipinski definition) is 8. The van der Waals surface area contributed by atoms with E-state index < -0.39 is 0 Å². The summed E-state index contributed by atoms with van der Waals surface area (Å²) in [6.45, 7) is 0.651. The third-order valence-corrected chi connectivity index (χ3v) is 6.12. The molecule has 4 heterocycles. The Labute approximate surface area is 180 Å². The number of halogens is 1. The molecule has 2 unspecified atom stereocenters. The molecule has 11 heteroatoms. The minimum absolute atomic E-state index is 0.0180. The van der Waals surface area contributed by atoms with Crippen LogP contribution in [0.5, 0.6) is 0 Å². The Morgan fingerprint density at radius 2 is 1.93 bits per heavy atom. The van der Waals surface area contributed by atoms with E-state index in [0.29, 0.717) is 22.3 Å². The summed E-state index contributed by atoms with van der Waals surface area (Å²) >= 11 is 7.09. The number of hydrazine groups is 1. The molecule has 3 aromatic rings. The standard InChI is InChI=1S/C19H16ClN7O2S/c20-13-5-3-11(4-6-13)15-12(10-22-23-15)9-14-18(28)27(19(21)30-14)17-16(24-29-25-17)26-7-1-2-8-26/h1-9,12,15,21-23H,10H2/b14-9-,21-19?. The number of rotatable bonds is 4. The molecular formula is C19H16ClN7O2S. The van der Waals surface area contributed by atoms with Gasteiger partial charge in [0.25, 0.3) is 5.91 Å². The third kappa shape index (κ3) is 3.33. The maximum Gasteiger partial charge on any atom is 0.272 e. The zero-order valence-electron chi connectivity index (χ0n) is 15.4. The average Bonchev–Trinajstić information content (AvgIpc) is 3.51. The van der Waals surface area contributed by atoms with Crippen molar-refractivity contribution in [3.8, 4) is 5.82 Å². The van der Waals surface area contributed by atoms with Crippen molar-refractivity contribution in [2.45, 2.75) is 6.04 Å². The summed E-state index contributed by atoms with van der Waals surface area (Å²) in [6, 6.07) is 11.2. The number of thioether (sulfide) groups is 1. The molecule has 2 fully saturated rings. The van der Waals surface area contributed by atoms with Crippen LogP contribution in [-0.2, 0) is 4.79 Å². The van der Waals surface area contributed by atoms with Crippen LogP contribution in [0.1, 0.15) is 11.6 Å². The smallest absolute Gasteiger partial charge is 0.272 e. The molecule has 9 nitrogen and oxygen atoms in total. The molecule has 2 aromatic heterocycles. The van der Waals surface area contributed by atoms with Gasteiger partial charge in [-0.05, 0) is 51.9 Å². The molecule has 0 aliphatic carbocycles. The Morgan fingerprint density at radius 3 is 2.70 bits per heavy atom. The van der Waals surface area contributed by atoms with Crippen LogP contribution >= 0.6 is 23.4 Å². The summed E-state index contributed by atoms with van der Waals surface area (Å²) in [6.07, 6.45) is 5.43. The van der Waals surface area contributed by atoms with Crippen LogP contribution in [-0.4, -0.2) is 32.5 Å². The van der Waals surface area contributed by atoms with Crippen molar-refractivity contribution in [1.82, 2.24) is 25.7 Å². The first-order valence-electron chi connectivity index (χ1n) is 9.14. The fourth-order valence-corrected chi connectivity index (χ4v) is 4.53. The summed E-state index contributed by atoms with van der Waals surface area (Å²) in [7, 11) is 0. The van der Waals surface area contributed by atoms with Gasteiger partial charge in [0, 0.05) is 29.9 Å². The van der Waals surface area contributed by atoms with Crippen LogP contribution in [0, 0.1) is 11.3 Å². The second-order valence-electron chi connectivity index (χ2n) is 6.80. The molecule has 1 amide bonds. The van der Waals surface area contributed by atoms with Gasteiger partial charge in [0.15, 0.2) is 5.17 Å². The summed E-state index contributed by atoms with van der Waals surface area (Å²) < 4.78 is 6.54. The number of amides is 1. The quantitative estimate of drug-likeness (QED) is 0.533. The Morgan fingerprint density at radius 1 is 1.20 bits per heavy atom. The lowest BCUT2D eigenvalue weighted by Crippen LogP contribution is -2.29. The number of nitrogens with one attached hydrogen (secondary N) is 3. The SMILES string of the molecule is N=C1S/C(=C\C2CNNC2c2ccc(Cl)cc2)C(=O)N1c1nonc1-n1cccc1. The van der Waals surface area contributed by atoms with Gasteiger partial charge in [-0.15, -0.1) is 0 Å². The molecule has 2 saturated heterocycles. The lowest BCUT2D eigenvalue weighted by molar-refractivity contribution is -0.113. The number of carbonyl (C=O) groups excluding carboxylic acids is 1. The highest BCUT2D eigenvalue weighted by molar-refractivity contribution is 8.19. The molecule has 3 N–H and O–H groups in total. The number of anilines is 1. The van der Waals surface area contributed by atoms with Crippen LogP contribution in [0.2, 0.25) is 5.02 Å². The van der Waals surface area contributed by atoms with Gasteiger partial charge in [0.2, 0.25) is 11.6 Å². The second-order valence-corrected chi connectivity index (χ2v) is 8.27. The van der Waals surface area contributed by atoms with Crippen LogP contribution in [0.15, 0.2) is 64.4 Å². The van der Waals surface area contributed by atoms with E-state index in [1.807, 2.05) is 42.5 Å². The topological polar surface area (TPSA) is 112 Å². The lowest BCUT2D eigenvalue weighted by Gasteiger charge is -2.16. The minimum atomic E-state index is -0.323. The molecule has 0 bridgehead atoms. The summed E-state index contributed by atoms with van der Waals surface area (Å²) in [5.41, 5.74) is 7.45. The normalized spacial score (nSPS) is 23.1. The Bertz CT molecular complexity index is 1130. The minimum Gasteiger partial charge on any atom is -0.303 e. The van der Waals surface area contributed by atoms with Gasteiger partial charge in [0.05, 0.1) is 10.9 Å². The third-order valence-electron chi connectivity index (χ3n) is 4.96. The van der Waals surface area contributed by atoms with E-state index in [0.717, 1.165) is 17.3 Å². The highest BCUT2D eigenvalue weighted by atomic mass is 35.5. The van der Waals surface area contributed by atoms with Crippen molar-refractivity contribution in [3.63, 3.8) is 0 Å². The molecule has 0 saturated carbocycles. The van der Waals surface area contributed by atoms with Gasteiger partial charge in [-0.3, -0.25) is 15.6 Å². The van der Waals surface area contributed by atoms with Crippen molar-refractivity contribution in [1.29, 1.82) is 5.41 Å². The van der Waals surface area contributed by atoms with Crippen molar-refractivity contribution < 1.29 is 9.42 Å². The second kappa shape index (κ2) is 7.73. The zero-order valence-corrected chi connectivity index (χ0v) is 17.0. The van der Waals surface area contributed by atoms with Crippen molar-refractivity contribution in [2.75, 3.05) is 11.4 Å². The van der Waals surface area contributed by atoms with Crippen LogP contribution in [0.25, 0.3) is 5.82 Å². The fraction of sp³-hybridized carbons (Fsp3) is 0.158. The van der Waals surface area contributed by atoms with Gasteiger partial charge in [-0.2, -0.15) is 0 Å². The van der Waals surface area contributed by atoms with Crippen molar-refractivity contribution in [3.05, 3.63) is 70.4 Å². The number of amidine groups is 1. The molecule has 0 spiro atoms. The number of carbonyl (C=O) groups is 1. The largest absolute Gasteiger partial charge is 0.303 e. The van der Waals surface area contributed by atoms with Crippen LogP contribution < -0.4 is 15.8 Å². The molecule has 0 radical (unpaired) electrons. The van der Waals surface area contributed by atoms with Gasteiger partial charge >= 0.3 is 0 Å². The summed E-state index contributed by atoms with van der Waals surface area (Å²) in [5.74, 6) is 0.234. The monoisotopic (exact) mass is 441 g/mol. The number of hydrogen-bond donors (Lipinski definition) is 3. The first-order chi connectivity index (χ1) is 14.6. The molecule has 5 rings (SSSR count). The van der Waals surface area contributed by atoms with E-state index in [4.69, 9.17) is 21.6 Å². The molecule has 2 aliphatic heterocycles. The predicted octanol–water partition coefficient (Wildman–Crippen LogP) is 2.88. The molecular weight excluding hydrogens is 426 g/mol. The van der Waals surface area contributed by atoms with Crippen molar-refractivity contribution >= 4 is 40.3 Å². The first-order valence-corrected chi connectivity index (χ1v) is 10.3. The molecule has 1 aromatic carbocycles. The van der Waals surface area contributed by atoms with E-state index in [9.17, 15) is 4.79 Å². The summed E-state index contributed by atoms with van der Waals surface area (Å²) in [5, 5.41) is 16.8. The van der Waals surface area contributed by atoms with E-state index in [1.54, 1.807) is 17.0 Å².